The average Bonchev–Trinajstić information content (AvgIpc) is 3.09. The first kappa shape index (κ1) is 13.1. The molecule has 0 bridgehead atoms. The van der Waals surface area contributed by atoms with Crippen molar-refractivity contribution in [2.45, 2.75) is 6.92 Å². The molecule has 0 radical (unpaired) electrons. The Balaban J connectivity index is 1.86. The number of hydrogen-bond acceptors (Lipinski definition) is 4. The van der Waals surface area contributed by atoms with Gasteiger partial charge >= 0.3 is 0 Å². The van der Waals surface area contributed by atoms with Gasteiger partial charge in [0, 0.05) is 11.1 Å². The maximum Gasteiger partial charge on any atom is 0.235 e. The fourth-order valence-corrected chi connectivity index (χ4v) is 3.16. The van der Waals surface area contributed by atoms with Crippen LogP contribution in [-0.4, -0.2) is 19.8 Å². The van der Waals surface area contributed by atoms with Gasteiger partial charge in [-0.05, 0) is 36.8 Å². The zero-order chi connectivity index (χ0) is 15.1. The molecule has 4 nitrogen and oxygen atoms in total. The standard InChI is InChI=1S/C16H11FN4S/c1-10-4-2-3-5-13(10)14-18-19-16-21(14)20-15(22-16)11-6-8-12(17)9-7-11/h2-9H,1H3. The summed E-state index contributed by atoms with van der Waals surface area (Å²) in [5, 5.41) is 13.8. The van der Waals surface area contributed by atoms with E-state index < -0.39 is 0 Å². The molecule has 0 spiro atoms. The Labute approximate surface area is 129 Å². The first-order chi connectivity index (χ1) is 10.7. The monoisotopic (exact) mass is 310 g/mol. The van der Waals surface area contributed by atoms with Crippen molar-refractivity contribution in [1.29, 1.82) is 0 Å². The van der Waals surface area contributed by atoms with Crippen molar-refractivity contribution in [3.63, 3.8) is 0 Å². The number of hydrogen-bond donors (Lipinski definition) is 0. The largest absolute Gasteiger partial charge is 0.235 e. The highest BCUT2D eigenvalue weighted by atomic mass is 32.1. The fourth-order valence-electron chi connectivity index (χ4n) is 2.32. The molecule has 0 N–H and O–H groups in total. The molecular weight excluding hydrogens is 299 g/mol. The molecule has 0 aliphatic heterocycles. The van der Waals surface area contributed by atoms with Crippen LogP contribution in [0.5, 0.6) is 0 Å². The Kier molecular flexibility index (Phi) is 2.97. The minimum atomic E-state index is -0.257. The van der Waals surface area contributed by atoms with Crippen molar-refractivity contribution in [3.05, 3.63) is 59.9 Å². The van der Waals surface area contributed by atoms with E-state index in [4.69, 9.17) is 0 Å². The topological polar surface area (TPSA) is 43.1 Å². The summed E-state index contributed by atoms with van der Waals surface area (Å²) in [5.74, 6) is 0.463. The lowest BCUT2D eigenvalue weighted by atomic mass is 10.1. The third-order valence-electron chi connectivity index (χ3n) is 3.47. The van der Waals surface area contributed by atoms with E-state index in [9.17, 15) is 4.39 Å². The molecule has 2 heterocycles. The molecule has 22 heavy (non-hydrogen) atoms. The van der Waals surface area contributed by atoms with Gasteiger partial charge < -0.3 is 0 Å². The molecule has 2 aromatic carbocycles. The van der Waals surface area contributed by atoms with E-state index in [1.165, 1.54) is 23.5 Å². The summed E-state index contributed by atoms with van der Waals surface area (Å²) in [6.07, 6.45) is 0. The van der Waals surface area contributed by atoms with Crippen LogP contribution >= 0.6 is 11.3 Å². The molecule has 0 aliphatic carbocycles. The summed E-state index contributed by atoms with van der Waals surface area (Å²) in [6.45, 7) is 2.03. The van der Waals surface area contributed by atoms with Gasteiger partial charge in [-0.2, -0.15) is 9.61 Å². The first-order valence-electron chi connectivity index (χ1n) is 6.76. The number of aromatic nitrogens is 4. The summed E-state index contributed by atoms with van der Waals surface area (Å²) in [4.78, 5) is 0.720. The van der Waals surface area contributed by atoms with E-state index in [1.807, 2.05) is 31.2 Å². The third-order valence-corrected chi connectivity index (χ3v) is 4.42. The van der Waals surface area contributed by atoms with Gasteiger partial charge in [0.15, 0.2) is 5.82 Å². The van der Waals surface area contributed by atoms with Crippen LogP contribution in [0.3, 0.4) is 0 Å². The average molecular weight is 310 g/mol. The van der Waals surface area contributed by atoms with Crippen LogP contribution < -0.4 is 0 Å². The minimum absolute atomic E-state index is 0.257. The van der Waals surface area contributed by atoms with Crippen LogP contribution in [-0.2, 0) is 0 Å². The van der Waals surface area contributed by atoms with Crippen LogP contribution in [0.25, 0.3) is 26.9 Å². The predicted octanol–water partition coefficient (Wildman–Crippen LogP) is 3.97. The third kappa shape index (κ3) is 2.08. The molecule has 0 saturated carbocycles. The summed E-state index contributed by atoms with van der Waals surface area (Å²) >= 11 is 1.43. The van der Waals surface area contributed by atoms with Crippen molar-refractivity contribution in [3.8, 4) is 22.0 Å². The number of fused-ring (bicyclic) bond motifs is 1. The first-order valence-corrected chi connectivity index (χ1v) is 7.58. The molecule has 108 valence electrons. The SMILES string of the molecule is Cc1ccccc1-c1nnc2sc(-c3ccc(F)cc3)nn12. The lowest BCUT2D eigenvalue weighted by Gasteiger charge is -2.01. The summed E-state index contributed by atoms with van der Waals surface area (Å²) < 4.78 is 14.8. The molecule has 2 aromatic heterocycles. The van der Waals surface area contributed by atoms with Gasteiger partial charge in [-0.3, -0.25) is 0 Å². The van der Waals surface area contributed by atoms with E-state index in [1.54, 1.807) is 16.6 Å². The van der Waals surface area contributed by atoms with Crippen molar-refractivity contribution in [2.24, 2.45) is 0 Å². The van der Waals surface area contributed by atoms with E-state index in [0.717, 1.165) is 32.5 Å². The molecule has 0 amide bonds. The molecule has 0 aliphatic rings. The van der Waals surface area contributed by atoms with Crippen molar-refractivity contribution in [2.75, 3.05) is 0 Å². The lowest BCUT2D eigenvalue weighted by molar-refractivity contribution is 0.628. The Hall–Kier alpha value is -2.60. The van der Waals surface area contributed by atoms with E-state index in [-0.39, 0.29) is 5.82 Å². The normalized spacial score (nSPS) is 11.2. The zero-order valence-corrected chi connectivity index (χ0v) is 12.5. The number of aryl methyl sites for hydroxylation is 1. The van der Waals surface area contributed by atoms with E-state index in [0.29, 0.717) is 0 Å². The van der Waals surface area contributed by atoms with Crippen molar-refractivity contribution >= 4 is 16.3 Å². The maximum atomic E-state index is 13.0. The zero-order valence-electron chi connectivity index (χ0n) is 11.7. The summed E-state index contributed by atoms with van der Waals surface area (Å²) in [7, 11) is 0. The van der Waals surface area contributed by atoms with Crippen molar-refractivity contribution < 1.29 is 4.39 Å². The van der Waals surface area contributed by atoms with Gasteiger partial charge in [0.25, 0.3) is 0 Å². The highest BCUT2D eigenvalue weighted by Crippen LogP contribution is 2.29. The van der Waals surface area contributed by atoms with Crippen LogP contribution in [0, 0.1) is 12.7 Å². The van der Waals surface area contributed by atoms with E-state index >= 15 is 0 Å². The second kappa shape index (κ2) is 4.99. The van der Waals surface area contributed by atoms with Crippen molar-refractivity contribution in [1.82, 2.24) is 19.8 Å². The Bertz CT molecular complexity index is 956. The number of rotatable bonds is 2. The Morgan fingerprint density at radius 3 is 2.55 bits per heavy atom. The second-order valence-electron chi connectivity index (χ2n) is 4.95. The molecule has 4 rings (SSSR count). The molecular formula is C16H11FN4S. The second-order valence-corrected chi connectivity index (χ2v) is 5.90. The molecule has 0 unspecified atom stereocenters. The van der Waals surface area contributed by atoms with E-state index in [2.05, 4.69) is 15.3 Å². The molecule has 0 fully saturated rings. The molecule has 4 aromatic rings. The van der Waals surface area contributed by atoms with Gasteiger partial charge in [0.2, 0.25) is 4.96 Å². The van der Waals surface area contributed by atoms with Crippen LogP contribution in [0.4, 0.5) is 4.39 Å². The number of benzene rings is 2. The summed E-state index contributed by atoms with van der Waals surface area (Å²) in [5.41, 5.74) is 2.99. The van der Waals surface area contributed by atoms with Gasteiger partial charge in [0.1, 0.15) is 10.8 Å². The Morgan fingerprint density at radius 2 is 1.77 bits per heavy atom. The molecule has 0 saturated heterocycles. The van der Waals surface area contributed by atoms with Gasteiger partial charge in [-0.25, -0.2) is 4.39 Å². The van der Waals surface area contributed by atoms with Gasteiger partial charge in [-0.15, -0.1) is 10.2 Å². The number of nitrogens with zero attached hydrogens (tertiary/aromatic N) is 4. The highest BCUT2D eigenvalue weighted by Gasteiger charge is 2.15. The van der Waals surface area contributed by atoms with Crippen LogP contribution in [0.1, 0.15) is 5.56 Å². The lowest BCUT2D eigenvalue weighted by Crippen LogP contribution is -1.93. The summed E-state index contributed by atoms with van der Waals surface area (Å²) in [6, 6.07) is 14.3. The highest BCUT2D eigenvalue weighted by molar-refractivity contribution is 7.19. The van der Waals surface area contributed by atoms with Gasteiger partial charge in [0.05, 0.1) is 0 Å². The number of halogens is 1. The van der Waals surface area contributed by atoms with Crippen LogP contribution in [0.2, 0.25) is 0 Å². The quantitative estimate of drug-likeness (QED) is 0.563. The van der Waals surface area contributed by atoms with Crippen LogP contribution in [0.15, 0.2) is 48.5 Å². The molecule has 0 atom stereocenters. The molecule has 6 heteroatoms. The predicted molar refractivity (Wildman–Crippen MR) is 84.2 cm³/mol. The minimum Gasteiger partial charge on any atom is -0.207 e. The fraction of sp³-hybridized carbons (Fsp3) is 0.0625. The van der Waals surface area contributed by atoms with Gasteiger partial charge in [-0.1, -0.05) is 35.6 Å². The smallest absolute Gasteiger partial charge is 0.207 e. The Morgan fingerprint density at radius 1 is 1.00 bits per heavy atom. The maximum absolute atomic E-state index is 13.0.